The lowest BCUT2D eigenvalue weighted by atomic mass is 9.78. The van der Waals surface area contributed by atoms with E-state index in [1.165, 1.54) is 0 Å². The minimum Gasteiger partial charge on any atom is -0.371 e. The predicted octanol–water partition coefficient (Wildman–Crippen LogP) is 7.71. The van der Waals surface area contributed by atoms with E-state index in [0.29, 0.717) is 37.9 Å². The number of hydrogen-bond donors (Lipinski definition) is 0. The fourth-order valence-electron chi connectivity index (χ4n) is 6.22. The molecule has 2 fully saturated rings. The Morgan fingerprint density at radius 2 is 1.41 bits per heavy atom. The van der Waals surface area contributed by atoms with Crippen LogP contribution in [0.4, 0.5) is 26.3 Å². The summed E-state index contributed by atoms with van der Waals surface area (Å²) in [5.41, 5.74) is -1.76. The van der Waals surface area contributed by atoms with E-state index in [4.69, 9.17) is 4.74 Å². The average molecular weight is 545 g/mol. The van der Waals surface area contributed by atoms with Gasteiger partial charge >= 0.3 is 12.4 Å². The summed E-state index contributed by atoms with van der Waals surface area (Å²) >= 11 is 0. The van der Waals surface area contributed by atoms with Gasteiger partial charge < -0.3 is 4.74 Å². The smallest absolute Gasteiger partial charge is 0.371 e. The molecule has 0 amide bonds. The van der Waals surface area contributed by atoms with Gasteiger partial charge in [-0.1, -0.05) is 60.7 Å². The normalized spacial score (nSPS) is 25.4. The van der Waals surface area contributed by atoms with Crippen molar-refractivity contribution in [2.45, 2.75) is 62.5 Å². The molecule has 9 heteroatoms. The highest BCUT2D eigenvalue weighted by Crippen LogP contribution is 2.55. The van der Waals surface area contributed by atoms with Crippen molar-refractivity contribution in [1.82, 2.24) is 4.90 Å². The molecule has 2 bridgehead atoms. The fourth-order valence-corrected chi connectivity index (χ4v) is 6.22. The summed E-state index contributed by atoms with van der Waals surface area (Å²) in [6, 6.07) is 23.2. The lowest BCUT2D eigenvalue weighted by Crippen LogP contribution is -2.56. The lowest BCUT2D eigenvalue weighted by molar-refractivity contribution is -0.143. The molecular weight excluding hydrogens is 518 g/mol. The topological polar surface area (TPSA) is 36.3 Å². The molecule has 4 unspecified atom stereocenters. The van der Waals surface area contributed by atoms with Crippen LogP contribution in [0.2, 0.25) is 0 Å². The zero-order chi connectivity index (χ0) is 27.8. The third kappa shape index (κ3) is 5.28. The van der Waals surface area contributed by atoms with Crippen LogP contribution in [0, 0.1) is 17.2 Å². The fraction of sp³-hybridized carbons (Fsp3) is 0.367. The first-order valence-corrected chi connectivity index (χ1v) is 12.7. The van der Waals surface area contributed by atoms with E-state index < -0.39 is 41.7 Å². The van der Waals surface area contributed by atoms with Gasteiger partial charge in [0.15, 0.2) is 0 Å². The monoisotopic (exact) mass is 544 g/mol. The predicted molar refractivity (Wildman–Crippen MR) is 132 cm³/mol. The number of piperidine rings is 1. The van der Waals surface area contributed by atoms with Gasteiger partial charge in [-0.15, -0.1) is 0 Å². The Hall–Kier alpha value is -3.35. The van der Waals surface area contributed by atoms with Crippen molar-refractivity contribution < 1.29 is 31.1 Å². The molecular formula is C30H26F6N2O. The van der Waals surface area contributed by atoms with E-state index in [0.717, 1.165) is 11.1 Å². The molecule has 3 nitrogen and oxygen atoms in total. The Bertz CT molecular complexity index is 1300. The van der Waals surface area contributed by atoms with Crippen LogP contribution < -0.4 is 0 Å². The maximum atomic E-state index is 13.4. The van der Waals surface area contributed by atoms with Crippen LogP contribution in [-0.2, 0) is 35.8 Å². The second-order valence-corrected chi connectivity index (χ2v) is 10.2. The number of fused-ring (bicyclic) bond motifs is 2. The maximum Gasteiger partial charge on any atom is 0.416 e. The average Bonchev–Trinajstić information content (AvgIpc) is 3.11. The van der Waals surface area contributed by atoms with Gasteiger partial charge in [0.2, 0.25) is 0 Å². The molecule has 39 heavy (non-hydrogen) atoms. The molecule has 2 aliphatic heterocycles. The van der Waals surface area contributed by atoms with E-state index in [2.05, 4.69) is 11.0 Å². The van der Waals surface area contributed by atoms with Crippen LogP contribution in [0.25, 0.3) is 0 Å². The van der Waals surface area contributed by atoms with Gasteiger partial charge in [0.25, 0.3) is 0 Å². The molecule has 204 valence electrons. The van der Waals surface area contributed by atoms with Gasteiger partial charge in [-0.25, -0.2) is 0 Å². The second kappa shape index (κ2) is 10.3. The first-order valence-electron chi connectivity index (χ1n) is 12.7. The molecule has 0 saturated carbocycles. The van der Waals surface area contributed by atoms with Crippen molar-refractivity contribution in [2.75, 3.05) is 0 Å². The summed E-state index contributed by atoms with van der Waals surface area (Å²) in [6.07, 6.45) is -8.82. The Morgan fingerprint density at radius 3 is 1.97 bits per heavy atom. The summed E-state index contributed by atoms with van der Waals surface area (Å²) in [5, 5.41) is 10.0. The quantitative estimate of drug-likeness (QED) is 0.298. The molecule has 0 radical (unpaired) electrons. The van der Waals surface area contributed by atoms with Gasteiger partial charge in [0, 0.05) is 12.6 Å². The van der Waals surface area contributed by atoms with Gasteiger partial charge in [0.1, 0.15) is 0 Å². The van der Waals surface area contributed by atoms with Crippen LogP contribution in [0.5, 0.6) is 0 Å². The summed E-state index contributed by atoms with van der Waals surface area (Å²) in [5.74, 6) is -0.298. The number of halogens is 6. The van der Waals surface area contributed by atoms with Gasteiger partial charge in [0.05, 0.1) is 41.4 Å². The molecule has 3 aromatic rings. The minimum atomic E-state index is -4.93. The van der Waals surface area contributed by atoms with Crippen molar-refractivity contribution in [3.05, 3.63) is 107 Å². The highest BCUT2D eigenvalue weighted by molar-refractivity contribution is 5.35. The number of nitrogens with zero attached hydrogens (tertiary/aromatic N) is 2. The van der Waals surface area contributed by atoms with Crippen LogP contribution >= 0.6 is 0 Å². The summed E-state index contributed by atoms with van der Waals surface area (Å²) in [6.45, 7) is 0.105. The molecule has 0 aliphatic carbocycles. The Kier molecular flexibility index (Phi) is 7.21. The van der Waals surface area contributed by atoms with Crippen LogP contribution in [0.1, 0.15) is 47.1 Å². The van der Waals surface area contributed by atoms with Gasteiger partial charge in [-0.05, 0) is 54.2 Å². The molecule has 4 atom stereocenters. The van der Waals surface area contributed by atoms with E-state index in [1.807, 2.05) is 60.7 Å². The van der Waals surface area contributed by atoms with Crippen LogP contribution in [0.3, 0.4) is 0 Å². The van der Waals surface area contributed by atoms with E-state index in [-0.39, 0.29) is 23.6 Å². The Labute approximate surface area is 222 Å². The molecule has 5 rings (SSSR count). The third-order valence-corrected chi connectivity index (χ3v) is 7.90. The molecule has 0 spiro atoms. The summed E-state index contributed by atoms with van der Waals surface area (Å²) in [7, 11) is 0. The van der Waals surface area contributed by atoms with Crippen molar-refractivity contribution in [1.29, 1.82) is 5.26 Å². The van der Waals surface area contributed by atoms with Gasteiger partial charge in [-0.3, -0.25) is 4.90 Å². The third-order valence-electron chi connectivity index (χ3n) is 7.90. The number of ether oxygens (including phenoxy) is 1. The molecule has 0 aromatic heterocycles. The molecule has 2 saturated heterocycles. The zero-order valence-electron chi connectivity index (χ0n) is 20.8. The molecule has 2 aliphatic rings. The number of hydrogen-bond acceptors (Lipinski definition) is 3. The highest BCUT2D eigenvalue weighted by atomic mass is 19.4. The molecule has 3 aromatic carbocycles. The Morgan fingerprint density at radius 1 is 0.821 bits per heavy atom. The second-order valence-electron chi connectivity index (χ2n) is 10.2. The number of benzene rings is 3. The van der Waals surface area contributed by atoms with Gasteiger partial charge in [-0.2, -0.15) is 31.6 Å². The van der Waals surface area contributed by atoms with Crippen molar-refractivity contribution >= 4 is 0 Å². The Balaban J connectivity index is 1.53. The number of alkyl halides is 6. The minimum absolute atomic E-state index is 0.0550. The summed E-state index contributed by atoms with van der Waals surface area (Å²) < 4.78 is 86.8. The molecule has 0 N–H and O–H groups in total. The standard InChI is InChI=1S/C30H26F6N2O/c31-29(32,33)24-13-21(14-25(15-24)30(34,35)36)19-39-27-12-11-26-22(17-37)16-28(27,23-9-5-2-6-10-23)38(26)18-20-7-3-1-4-8-20/h1-10,13-15,22,26-27H,11-12,16,18-19H2. The van der Waals surface area contributed by atoms with Crippen molar-refractivity contribution in [2.24, 2.45) is 5.92 Å². The van der Waals surface area contributed by atoms with Crippen molar-refractivity contribution in [3.8, 4) is 6.07 Å². The van der Waals surface area contributed by atoms with E-state index in [9.17, 15) is 31.6 Å². The first-order chi connectivity index (χ1) is 18.5. The maximum absolute atomic E-state index is 13.4. The largest absolute Gasteiger partial charge is 0.416 e. The SMILES string of the molecule is N#CC1CC2(c3ccccc3)C(OCc3cc(C(F)(F)F)cc(C(F)(F)F)c3)CCC1N2Cc1ccccc1. The summed E-state index contributed by atoms with van der Waals surface area (Å²) in [4.78, 5) is 2.26. The van der Waals surface area contributed by atoms with Crippen molar-refractivity contribution in [3.63, 3.8) is 0 Å². The zero-order valence-corrected chi connectivity index (χ0v) is 20.8. The number of rotatable bonds is 6. The van der Waals surface area contributed by atoms with Crippen LogP contribution in [-0.4, -0.2) is 17.0 Å². The molecule has 2 heterocycles. The lowest BCUT2D eigenvalue weighted by Gasteiger charge is -2.50. The van der Waals surface area contributed by atoms with E-state index >= 15 is 0 Å². The number of nitriles is 1. The van der Waals surface area contributed by atoms with Crippen LogP contribution in [0.15, 0.2) is 78.9 Å². The van der Waals surface area contributed by atoms with E-state index in [1.54, 1.807) is 0 Å². The highest BCUT2D eigenvalue weighted by Gasteiger charge is 2.59. The first kappa shape index (κ1) is 27.2.